The molecule has 0 spiro atoms. The largest absolute Gasteiger partial charge is 0.379 e. The molecule has 1 unspecified atom stereocenters. The highest BCUT2D eigenvalue weighted by Gasteiger charge is 2.28. The van der Waals surface area contributed by atoms with Gasteiger partial charge in [0.15, 0.2) is 0 Å². The second kappa shape index (κ2) is 8.84. The number of aromatic nitrogens is 2. The lowest BCUT2D eigenvalue weighted by Crippen LogP contribution is -2.51. The lowest BCUT2D eigenvalue weighted by Gasteiger charge is -2.39. The van der Waals surface area contributed by atoms with E-state index in [1.54, 1.807) is 0 Å². The summed E-state index contributed by atoms with van der Waals surface area (Å²) >= 11 is 0. The number of fused-ring (bicyclic) bond motifs is 1. The summed E-state index contributed by atoms with van der Waals surface area (Å²) in [5.74, 6) is 0.132. The van der Waals surface area contributed by atoms with Gasteiger partial charge in [0.1, 0.15) is 5.69 Å². The molecule has 1 amide bonds. The lowest BCUT2D eigenvalue weighted by molar-refractivity contribution is -0.135. The Bertz CT molecular complexity index is 875. The summed E-state index contributed by atoms with van der Waals surface area (Å²) in [4.78, 5) is 37.0. The standard InChI is InChI=1S/C21H28N4O3/c26-20(9-8-19-21(27)23-18-7-2-1-6-17(18)22-19)25-10-4-3-5-16(25)15-24-11-13-28-14-12-24/h1-2,6-7,16H,3-5,8-15H2,(H,23,27). The summed E-state index contributed by atoms with van der Waals surface area (Å²) in [7, 11) is 0. The third kappa shape index (κ3) is 4.42. The Balaban J connectivity index is 1.40. The van der Waals surface area contributed by atoms with Crippen molar-refractivity contribution in [2.75, 3.05) is 39.4 Å². The third-order valence-corrected chi connectivity index (χ3v) is 5.77. The van der Waals surface area contributed by atoms with Crippen LogP contribution in [0.3, 0.4) is 0 Å². The molecule has 0 bridgehead atoms. The van der Waals surface area contributed by atoms with E-state index in [0.29, 0.717) is 18.5 Å². The molecular weight excluding hydrogens is 356 g/mol. The van der Waals surface area contributed by atoms with Gasteiger partial charge in [-0.2, -0.15) is 0 Å². The van der Waals surface area contributed by atoms with E-state index in [-0.39, 0.29) is 17.5 Å². The first-order valence-electron chi connectivity index (χ1n) is 10.3. The molecule has 2 fully saturated rings. The SMILES string of the molecule is O=C(CCc1nc2ccccc2[nH]c1=O)N1CCCCC1CN1CCOCC1. The lowest BCUT2D eigenvalue weighted by atomic mass is 10.0. The van der Waals surface area contributed by atoms with Crippen LogP contribution in [-0.2, 0) is 16.0 Å². The number of carbonyl (C=O) groups is 1. The monoisotopic (exact) mass is 384 g/mol. The van der Waals surface area contributed by atoms with Crippen LogP contribution >= 0.6 is 0 Å². The van der Waals surface area contributed by atoms with Gasteiger partial charge in [0, 0.05) is 45.1 Å². The molecule has 3 heterocycles. The third-order valence-electron chi connectivity index (χ3n) is 5.77. The minimum Gasteiger partial charge on any atom is -0.379 e. The van der Waals surface area contributed by atoms with Crippen molar-refractivity contribution in [2.45, 2.75) is 38.1 Å². The summed E-state index contributed by atoms with van der Waals surface area (Å²) in [6, 6.07) is 7.74. The number of piperidine rings is 1. The predicted molar refractivity (Wildman–Crippen MR) is 107 cm³/mol. The Labute approximate surface area is 164 Å². The van der Waals surface area contributed by atoms with E-state index in [1.165, 1.54) is 6.42 Å². The number of carbonyl (C=O) groups excluding carboxylic acids is 1. The molecule has 2 aromatic rings. The first-order chi connectivity index (χ1) is 13.7. The van der Waals surface area contributed by atoms with E-state index in [0.717, 1.165) is 63.3 Å². The van der Waals surface area contributed by atoms with Gasteiger partial charge in [-0.25, -0.2) is 4.98 Å². The maximum atomic E-state index is 12.9. The molecule has 0 aliphatic carbocycles. The first-order valence-corrected chi connectivity index (χ1v) is 10.3. The van der Waals surface area contributed by atoms with Crippen LogP contribution < -0.4 is 5.56 Å². The van der Waals surface area contributed by atoms with Crippen molar-refractivity contribution in [3.05, 3.63) is 40.3 Å². The van der Waals surface area contributed by atoms with Crippen molar-refractivity contribution in [1.82, 2.24) is 19.8 Å². The number of para-hydroxylation sites is 2. The Kier molecular flexibility index (Phi) is 6.02. The molecule has 1 aromatic heterocycles. The second-order valence-electron chi connectivity index (χ2n) is 7.68. The average Bonchev–Trinajstić information content (AvgIpc) is 2.73. The summed E-state index contributed by atoms with van der Waals surface area (Å²) < 4.78 is 5.43. The Morgan fingerprint density at radius 1 is 1.18 bits per heavy atom. The quantitative estimate of drug-likeness (QED) is 0.847. The maximum Gasteiger partial charge on any atom is 0.270 e. The molecule has 1 N–H and O–H groups in total. The van der Waals surface area contributed by atoms with Crippen molar-refractivity contribution in [2.24, 2.45) is 0 Å². The van der Waals surface area contributed by atoms with Crippen LogP contribution in [0.25, 0.3) is 11.0 Å². The molecule has 4 rings (SSSR count). The number of benzene rings is 1. The Morgan fingerprint density at radius 3 is 2.86 bits per heavy atom. The van der Waals surface area contributed by atoms with Crippen molar-refractivity contribution in [1.29, 1.82) is 0 Å². The molecule has 1 atom stereocenters. The fraction of sp³-hybridized carbons (Fsp3) is 0.571. The summed E-state index contributed by atoms with van der Waals surface area (Å²) in [6.45, 7) is 5.16. The number of morpholine rings is 1. The number of nitrogens with one attached hydrogen (secondary N) is 1. The van der Waals surface area contributed by atoms with E-state index in [9.17, 15) is 9.59 Å². The highest BCUT2D eigenvalue weighted by molar-refractivity contribution is 5.77. The Morgan fingerprint density at radius 2 is 2.00 bits per heavy atom. The fourth-order valence-corrected chi connectivity index (χ4v) is 4.21. The smallest absolute Gasteiger partial charge is 0.270 e. The number of nitrogens with zero attached hydrogens (tertiary/aromatic N) is 3. The number of aryl methyl sites for hydroxylation is 1. The molecule has 7 nitrogen and oxygen atoms in total. The predicted octanol–water partition coefficient (Wildman–Crippen LogP) is 1.57. The van der Waals surface area contributed by atoms with Gasteiger partial charge in [-0.1, -0.05) is 12.1 Å². The van der Waals surface area contributed by atoms with Crippen molar-refractivity contribution in [3.63, 3.8) is 0 Å². The summed E-state index contributed by atoms with van der Waals surface area (Å²) in [6.07, 6.45) is 3.98. The number of ether oxygens (including phenoxy) is 1. The van der Waals surface area contributed by atoms with Gasteiger partial charge in [-0.15, -0.1) is 0 Å². The number of rotatable bonds is 5. The topological polar surface area (TPSA) is 78.5 Å². The number of amides is 1. The van der Waals surface area contributed by atoms with Crippen LogP contribution in [0.2, 0.25) is 0 Å². The number of likely N-dealkylation sites (tertiary alicyclic amines) is 1. The van der Waals surface area contributed by atoms with Gasteiger partial charge in [0.25, 0.3) is 5.56 Å². The molecule has 2 saturated heterocycles. The molecule has 2 aliphatic heterocycles. The zero-order valence-corrected chi connectivity index (χ0v) is 16.2. The number of aromatic amines is 1. The van der Waals surface area contributed by atoms with Crippen LogP contribution in [0.5, 0.6) is 0 Å². The maximum absolute atomic E-state index is 12.9. The molecule has 2 aliphatic rings. The minimum absolute atomic E-state index is 0.132. The zero-order chi connectivity index (χ0) is 19.3. The fourth-order valence-electron chi connectivity index (χ4n) is 4.21. The Hall–Kier alpha value is -2.25. The van der Waals surface area contributed by atoms with Crippen LogP contribution in [0.15, 0.2) is 29.1 Å². The molecule has 0 saturated carbocycles. The molecule has 0 radical (unpaired) electrons. The van der Waals surface area contributed by atoms with Crippen LogP contribution in [0.4, 0.5) is 0 Å². The normalized spacial score (nSPS) is 21.1. The molecule has 1 aromatic carbocycles. The van der Waals surface area contributed by atoms with E-state index in [4.69, 9.17) is 4.74 Å². The van der Waals surface area contributed by atoms with Crippen molar-refractivity contribution < 1.29 is 9.53 Å². The van der Waals surface area contributed by atoms with Crippen LogP contribution in [0, 0.1) is 0 Å². The van der Waals surface area contributed by atoms with Gasteiger partial charge in [-0.05, 0) is 31.4 Å². The van der Waals surface area contributed by atoms with Crippen LogP contribution in [0.1, 0.15) is 31.4 Å². The molecule has 7 heteroatoms. The summed E-state index contributed by atoms with van der Waals surface area (Å²) in [5, 5.41) is 0. The van der Waals surface area contributed by atoms with Crippen LogP contribution in [-0.4, -0.2) is 71.1 Å². The number of H-pyrrole nitrogens is 1. The highest BCUT2D eigenvalue weighted by Crippen LogP contribution is 2.20. The summed E-state index contributed by atoms with van der Waals surface area (Å²) in [5.41, 5.74) is 1.72. The van der Waals surface area contributed by atoms with E-state index >= 15 is 0 Å². The van der Waals surface area contributed by atoms with E-state index in [2.05, 4.69) is 14.9 Å². The van der Waals surface area contributed by atoms with Crippen molar-refractivity contribution >= 4 is 16.9 Å². The van der Waals surface area contributed by atoms with Gasteiger partial charge in [-0.3, -0.25) is 14.5 Å². The van der Waals surface area contributed by atoms with Gasteiger partial charge >= 0.3 is 0 Å². The molecular formula is C21H28N4O3. The van der Waals surface area contributed by atoms with Crippen molar-refractivity contribution in [3.8, 4) is 0 Å². The average molecular weight is 384 g/mol. The minimum atomic E-state index is -0.199. The number of hydrogen-bond acceptors (Lipinski definition) is 5. The van der Waals surface area contributed by atoms with Gasteiger partial charge in [0.2, 0.25) is 5.91 Å². The van der Waals surface area contributed by atoms with Gasteiger partial charge < -0.3 is 14.6 Å². The second-order valence-corrected chi connectivity index (χ2v) is 7.68. The van der Waals surface area contributed by atoms with E-state index < -0.39 is 0 Å². The number of hydrogen-bond donors (Lipinski definition) is 1. The molecule has 150 valence electrons. The van der Waals surface area contributed by atoms with Gasteiger partial charge in [0.05, 0.1) is 24.2 Å². The first kappa shape index (κ1) is 19.1. The van der Waals surface area contributed by atoms with E-state index in [1.807, 2.05) is 29.2 Å². The molecule has 28 heavy (non-hydrogen) atoms. The zero-order valence-electron chi connectivity index (χ0n) is 16.2. The highest BCUT2D eigenvalue weighted by atomic mass is 16.5.